The maximum absolute atomic E-state index is 14.2. The third kappa shape index (κ3) is 9.82. The number of nitrogens with one attached hydrogen (secondary N) is 3. The number of fused-ring (bicyclic) bond motifs is 1. The first-order chi connectivity index (χ1) is 32.6. The molecule has 3 aromatic heterocycles. The molecule has 67 heavy (non-hydrogen) atoms. The molecule has 2 fully saturated rings. The molecule has 1 aromatic carbocycles. The number of methoxy groups -OCH3 is 2. The lowest BCUT2D eigenvalue weighted by atomic mass is 9.87. The highest BCUT2D eigenvalue weighted by Crippen LogP contribution is 2.39. The Balaban J connectivity index is 0.863. The van der Waals surface area contributed by atoms with Crippen molar-refractivity contribution in [3.05, 3.63) is 132 Å². The average molecular weight is 912 g/mol. The number of likely N-dealkylation sites (tertiary alicyclic amines) is 2. The van der Waals surface area contributed by atoms with Crippen LogP contribution >= 0.6 is 0 Å². The van der Waals surface area contributed by atoms with Crippen molar-refractivity contribution in [1.29, 1.82) is 0 Å². The van der Waals surface area contributed by atoms with E-state index in [1.54, 1.807) is 0 Å². The Morgan fingerprint density at radius 2 is 1.87 bits per heavy atom. The number of H-pyrrole nitrogens is 2. The molecule has 3 aliphatic carbocycles. The molecular formula is C52H63N8O7+. The third-order valence-corrected chi connectivity index (χ3v) is 14.2. The molecule has 15 nitrogen and oxygen atoms in total. The Hall–Kier alpha value is -6.13. The maximum atomic E-state index is 14.2. The van der Waals surface area contributed by atoms with E-state index in [0.29, 0.717) is 31.0 Å². The zero-order chi connectivity index (χ0) is 46.6. The summed E-state index contributed by atoms with van der Waals surface area (Å²) in [5.41, 5.74) is 7.27. The van der Waals surface area contributed by atoms with Gasteiger partial charge < -0.3 is 39.3 Å². The van der Waals surface area contributed by atoms with Gasteiger partial charge in [0.1, 0.15) is 41.5 Å². The summed E-state index contributed by atoms with van der Waals surface area (Å²) < 4.78 is 18.7. The first-order valence-corrected chi connectivity index (χ1v) is 23.7. The number of ether oxygens (including phenoxy) is 2. The Labute approximate surface area is 391 Å². The van der Waals surface area contributed by atoms with Crippen LogP contribution in [0.2, 0.25) is 0 Å². The zero-order valence-electron chi connectivity index (χ0n) is 38.8. The summed E-state index contributed by atoms with van der Waals surface area (Å²) in [5.74, 6) is 1.58. The largest absolute Gasteiger partial charge is 0.453 e. The third-order valence-electron chi connectivity index (χ3n) is 14.2. The van der Waals surface area contributed by atoms with Gasteiger partial charge in [0, 0.05) is 49.1 Å². The first-order valence-electron chi connectivity index (χ1n) is 23.7. The van der Waals surface area contributed by atoms with Gasteiger partial charge in [-0.1, -0.05) is 73.8 Å². The van der Waals surface area contributed by atoms with Gasteiger partial charge in [-0.15, -0.1) is 0 Å². The average Bonchev–Trinajstić information content (AvgIpc) is 4.22. The highest BCUT2D eigenvalue weighted by molar-refractivity contribution is 5.89. The molecular weight excluding hydrogens is 849 g/mol. The van der Waals surface area contributed by atoms with Gasteiger partial charge in [-0.3, -0.25) is 9.69 Å². The molecule has 0 spiro atoms. The predicted molar refractivity (Wildman–Crippen MR) is 253 cm³/mol. The molecule has 2 amide bonds. The zero-order valence-corrected chi connectivity index (χ0v) is 38.8. The fourth-order valence-corrected chi connectivity index (χ4v) is 10.4. The van der Waals surface area contributed by atoms with E-state index in [2.05, 4.69) is 73.5 Å². The Morgan fingerprint density at radius 1 is 1.01 bits per heavy atom. The summed E-state index contributed by atoms with van der Waals surface area (Å²) in [6.45, 7) is 3.22. The number of hydrogen-bond donors (Lipinski definition) is 5. The quantitative estimate of drug-likeness (QED) is 0.0621. The van der Waals surface area contributed by atoms with E-state index in [1.807, 2.05) is 67.6 Å². The molecule has 352 valence electrons. The van der Waals surface area contributed by atoms with Gasteiger partial charge in [-0.25, -0.2) is 24.3 Å². The van der Waals surface area contributed by atoms with Crippen molar-refractivity contribution in [2.75, 3.05) is 27.3 Å². The van der Waals surface area contributed by atoms with Gasteiger partial charge in [-0.2, -0.15) is 0 Å². The van der Waals surface area contributed by atoms with Gasteiger partial charge in [-0.05, 0) is 87.1 Å². The molecule has 5 N–H and O–H groups in total. The minimum Gasteiger partial charge on any atom is -0.453 e. The predicted octanol–water partition coefficient (Wildman–Crippen LogP) is 7.67. The molecule has 0 saturated carbocycles. The van der Waals surface area contributed by atoms with Crippen molar-refractivity contribution in [2.24, 2.45) is 18.9 Å². The van der Waals surface area contributed by atoms with E-state index >= 15 is 0 Å². The number of benzene rings is 1. The smallest absolute Gasteiger partial charge is 0.407 e. The highest BCUT2D eigenvalue weighted by atomic mass is 16.6. The minimum atomic E-state index is -1.02. The van der Waals surface area contributed by atoms with Crippen LogP contribution in [-0.4, -0.2) is 97.8 Å². The number of carbonyl (C=O) groups is 2. The molecule has 8 atom stereocenters. The van der Waals surface area contributed by atoms with E-state index in [9.17, 15) is 19.8 Å². The van der Waals surface area contributed by atoms with Crippen LogP contribution in [0.25, 0.3) is 27.9 Å². The second-order valence-electron chi connectivity index (χ2n) is 18.4. The lowest BCUT2D eigenvalue weighted by Gasteiger charge is -2.37. The number of hydrogen-bond acceptors (Lipinski definition) is 10. The highest BCUT2D eigenvalue weighted by Gasteiger charge is 2.42. The van der Waals surface area contributed by atoms with Crippen LogP contribution < -0.4 is 9.88 Å². The standard InChI is InChI=1S/C52H62N8O7/c1-32(51(63)65-3)38(28-33-14-7-5-8-15-33)49(61)59-26-12-20-42(59)46-53-30-40(54-46)37-24-25-44-39(29-37)56-48(67-44)36-19-11-18-34(22-23-36)41-31-58(2)47(55-41)43-21-13-27-60(43)50(62)45(57-52(64)66-4)35-16-9-6-10-17-35/h5-9,11,14,16,18-19,24-25,28-32,34,38,42-43,45,49,51,61,63H,10,12-13,15,17,20-23,26-27H2,1-4H3,(H2,53,54,57,64)/p+1. The number of carbonyl (C=O) groups excluding carboxylic acids is 2. The molecule has 8 unspecified atom stereocenters. The Morgan fingerprint density at radius 3 is 2.66 bits per heavy atom. The van der Waals surface area contributed by atoms with E-state index in [-0.39, 0.29) is 35.7 Å². The monoisotopic (exact) mass is 911 g/mol. The van der Waals surface area contributed by atoms with Crippen molar-refractivity contribution in [3.63, 3.8) is 0 Å². The van der Waals surface area contributed by atoms with Gasteiger partial charge in [0.05, 0.1) is 32.1 Å². The number of aromatic nitrogens is 5. The van der Waals surface area contributed by atoms with Crippen LogP contribution in [0, 0.1) is 11.8 Å². The van der Waals surface area contributed by atoms with Gasteiger partial charge in [0.2, 0.25) is 11.8 Å². The van der Waals surface area contributed by atoms with Crippen LogP contribution in [0.3, 0.4) is 0 Å². The van der Waals surface area contributed by atoms with E-state index < -0.39 is 24.7 Å². The topological polar surface area (TPSA) is 186 Å². The number of aliphatic hydroxyl groups is 2. The van der Waals surface area contributed by atoms with Gasteiger partial charge in [0.15, 0.2) is 11.9 Å². The summed E-state index contributed by atoms with van der Waals surface area (Å²) in [4.78, 5) is 47.6. The summed E-state index contributed by atoms with van der Waals surface area (Å²) in [5, 5.41) is 25.5. The maximum Gasteiger partial charge on any atom is 0.407 e. The molecule has 15 heteroatoms. The number of amides is 2. The number of aryl methyl sites for hydroxylation is 1. The molecule has 0 radical (unpaired) electrons. The minimum absolute atomic E-state index is 0.101. The fraction of sp³-hybridized carbons (Fsp3) is 0.442. The summed E-state index contributed by atoms with van der Waals surface area (Å²) in [6, 6.07) is 4.92. The van der Waals surface area contributed by atoms with Crippen LogP contribution in [0.5, 0.6) is 0 Å². The number of alkyl carbamates (subject to hydrolysis) is 1. The summed E-state index contributed by atoms with van der Waals surface area (Å²) in [6.07, 6.45) is 31.3. The molecule has 2 aliphatic heterocycles. The fourth-order valence-electron chi connectivity index (χ4n) is 10.4. The molecule has 0 bridgehead atoms. The SMILES string of the molecule is COC(=O)NC(C(=O)N1CCCC1c1[nH]c(C2C=CC=C(c3nc4cc(-c5cnc(C6CCCN6C(O)C(C=C6C=CC=CC6)C(C)C(O)OC)[nH]5)ccc4o3)CC2)c[n+]1C)C1=CC=CCC1. The van der Waals surface area contributed by atoms with Crippen molar-refractivity contribution in [2.45, 2.75) is 101 Å². The number of imidazole rings is 2. The lowest BCUT2D eigenvalue weighted by molar-refractivity contribution is -0.680. The summed E-state index contributed by atoms with van der Waals surface area (Å²) in [7, 11) is 4.82. The number of allylic oxidation sites excluding steroid dienone is 12. The van der Waals surface area contributed by atoms with Crippen molar-refractivity contribution in [1.82, 2.24) is 35.1 Å². The van der Waals surface area contributed by atoms with Gasteiger partial charge in [0.25, 0.3) is 5.82 Å². The second-order valence-corrected chi connectivity index (χ2v) is 18.4. The van der Waals surface area contributed by atoms with Crippen LogP contribution in [0.1, 0.15) is 106 Å². The normalized spacial score (nSPS) is 23.8. The number of aromatic amines is 2. The first kappa shape index (κ1) is 46.0. The molecule has 4 aromatic rings. The van der Waals surface area contributed by atoms with Crippen LogP contribution in [-0.2, 0) is 21.3 Å². The number of rotatable bonds is 14. The number of oxazole rings is 1. The van der Waals surface area contributed by atoms with E-state index in [4.69, 9.17) is 23.9 Å². The van der Waals surface area contributed by atoms with E-state index in [1.165, 1.54) is 14.2 Å². The number of nitrogens with zero attached hydrogens (tertiary/aromatic N) is 5. The van der Waals surface area contributed by atoms with Crippen molar-refractivity contribution < 1.29 is 38.3 Å². The van der Waals surface area contributed by atoms with Crippen molar-refractivity contribution in [3.8, 4) is 11.3 Å². The molecule has 5 aliphatic rings. The van der Waals surface area contributed by atoms with Crippen molar-refractivity contribution >= 4 is 28.7 Å². The molecule has 9 rings (SSSR count). The van der Waals surface area contributed by atoms with Gasteiger partial charge >= 0.3 is 6.09 Å². The summed E-state index contributed by atoms with van der Waals surface area (Å²) >= 11 is 0. The Bertz CT molecular complexity index is 2660. The lowest BCUT2D eigenvalue weighted by Crippen LogP contribution is -2.50. The second kappa shape index (κ2) is 20.4. The molecule has 2 saturated heterocycles. The van der Waals surface area contributed by atoms with Crippen LogP contribution in [0.4, 0.5) is 4.79 Å². The molecule has 5 heterocycles. The van der Waals surface area contributed by atoms with Crippen LogP contribution in [0.15, 0.2) is 113 Å². The van der Waals surface area contributed by atoms with E-state index in [0.717, 1.165) is 102 Å². The number of aliphatic hydroxyl groups excluding tert-OH is 2. The Kier molecular flexibility index (Phi) is 14.0.